The summed E-state index contributed by atoms with van der Waals surface area (Å²) in [7, 11) is 0. The number of oxazole rings is 1. The van der Waals surface area contributed by atoms with Crippen molar-refractivity contribution < 1.29 is 32.9 Å². The van der Waals surface area contributed by atoms with Crippen LogP contribution in [-0.2, 0) is 0 Å². The van der Waals surface area contributed by atoms with Gasteiger partial charge in [-0.2, -0.15) is 18.1 Å². The number of alkyl halides is 2. The van der Waals surface area contributed by atoms with Crippen LogP contribution in [0.4, 0.5) is 19.6 Å². The topological polar surface area (TPSA) is 125 Å². The highest BCUT2D eigenvalue weighted by Gasteiger charge is 2.49. The predicted octanol–water partition coefficient (Wildman–Crippen LogP) is 3.42. The van der Waals surface area contributed by atoms with Crippen LogP contribution in [-0.4, -0.2) is 72.4 Å². The van der Waals surface area contributed by atoms with E-state index < -0.39 is 17.8 Å². The van der Waals surface area contributed by atoms with E-state index in [0.717, 1.165) is 38.2 Å². The average Bonchev–Trinajstić information content (AvgIpc) is 3.45. The van der Waals surface area contributed by atoms with Gasteiger partial charge in [0.15, 0.2) is 22.5 Å². The molecule has 2 saturated heterocycles. The Kier molecular flexibility index (Phi) is 4.94. The van der Waals surface area contributed by atoms with Crippen molar-refractivity contribution in [1.29, 1.82) is 0 Å². The summed E-state index contributed by atoms with van der Waals surface area (Å²) in [5.74, 6) is -0.257. The Hall–Kier alpha value is -3.06. The maximum atomic E-state index is 14.5. The fraction of sp³-hybridized carbons (Fsp3) is 0.500. The molecule has 4 heterocycles. The molecule has 10 nitrogen and oxygen atoms in total. The number of hydrogen-bond donors (Lipinski definition) is 2. The molecule has 2 aliphatic rings. The first-order valence-electron chi connectivity index (χ1n) is 10.3. The van der Waals surface area contributed by atoms with Crippen LogP contribution < -0.4 is 9.64 Å². The number of benzene rings is 1. The summed E-state index contributed by atoms with van der Waals surface area (Å²) < 4.78 is 43.9. The second-order valence-electron chi connectivity index (χ2n) is 8.69. The van der Waals surface area contributed by atoms with Crippen molar-refractivity contribution in [3.05, 3.63) is 18.5 Å². The highest BCUT2D eigenvalue weighted by molar-refractivity contribution is 7.09. The molecular formula is C20H21F2N5O5S. The summed E-state index contributed by atoms with van der Waals surface area (Å²) in [5.41, 5.74) is -1.68. The third-order valence-corrected chi connectivity index (χ3v) is 6.71. The van der Waals surface area contributed by atoms with E-state index in [0.29, 0.717) is 23.7 Å². The number of nitrogens with zero attached hydrogens (tertiary/aromatic N) is 5. The molecular weight excluding hydrogens is 460 g/mol. The Bertz CT molecular complexity index is 1180. The molecule has 13 heteroatoms. The molecule has 1 aromatic carbocycles. The van der Waals surface area contributed by atoms with Gasteiger partial charge in [0.05, 0.1) is 17.6 Å². The quantitative estimate of drug-likeness (QED) is 0.564. The fourth-order valence-corrected chi connectivity index (χ4v) is 4.83. The number of hydrogen-bond acceptors (Lipinski definition) is 9. The van der Waals surface area contributed by atoms with Crippen LogP contribution in [0.5, 0.6) is 5.75 Å². The van der Waals surface area contributed by atoms with Gasteiger partial charge in [0, 0.05) is 13.1 Å². The number of anilines is 1. The Morgan fingerprint density at radius 3 is 2.55 bits per heavy atom. The van der Waals surface area contributed by atoms with Crippen molar-refractivity contribution in [2.24, 2.45) is 0 Å². The van der Waals surface area contributed by atoms with Gasteiger partial charge in [-0.15, -0.1) is 0 Å². The number of aliphatic hydroxyl groups is 1. The van der Waals surface area contributed by atoms with Crippen LogP contribution in [0.3, 0.4) is 0 Å². The molecule has 2 fully saturated rings. The van der Waals surface area contributed by atoms with Gasteiger partial charge in [0.2, 0.25) is 0 Å². The fourth-order valence-electron chi connectivity index (χ4n) is 4.28. The normalized spacial score (nSPS) is 21.1. The smallest absolute Gasteiger partial charge is 0.426 e. The van der Waals surface area contributed by atoms with Gasteiger partial charge in [-0.05, 0) is 50.4 Å². The van der Waals surface area contributed by atoms with E-state index in [1.165, 1.54) is 23.4 Å². The van der Waals surface area contributed by atoms with Gasteiger partial charge in [-0.25, -0.2) is 9.78 Å². The summed E-state index contributed by atoms with van der Waals surface area (Å²) >= 11 is 1.11. The van der Waals surface area contributed by atoms with E-state index in [9.17, 15) is 23.8 Å². The largest absolute Gasteiger partial charge is 0.465 e. The second-order valence-corrected chi connectivity index (χ2v) is 9.47. The zero-order valence-corrected chi connectivity index (χ0v) is 18.6. The zero-order chi connectivity index (χ0) is 23.5. The van der Waals surface area contributed by atoms with Crippen LogP contribution >= 0.6 is 11.5 Å². The first-order chi connectivity index (χ1) is 15.5. The number of rotatable bonds is 5. The monoisotopic (exact) mass is 481 g/mol. The summed E-state index contributed by atoms with van der Waals surface area (Å²) in [5, 5.41) is 19.8. The van der Waals surface area contributed by atoms with Crippen molar-refractivity contribution >= 4 is 34.7 Å². The minimum Gasteiger partial charge on any atom is -0.465 e. The molecule has 0 aliphatic carbocycles. The van der Waals surface area contributed by atoms with Gasteiger partial charge >= 0.3 is 12.2 Å². The van der Waals surface area contributed by atoms with Gasteiger partial charge in [0.1, 0.15) is 11.3 Å². The Morgan fingerprint density at radius 1 is 1.27 bits per heavy atom. The molecule has 2 atom stereocenters. The molecule has 2 N–H and O–H groups in total. The molecule has 176 valence electrons. The molecule has 2 aliphatic heterocycles. The molecule has 33 heavy (non-hydrogen) atoms. The maximum Gasteiger partial charge on any atom is 0.426 e. The van der Waals surface area contributed by atoms with Crippen molar-refractivity contribution in [1.82, 2.24) is 19.2 Å². The molecule has 0 radical (unpaired) electrons. The molecule has 2 unspecified atom stereocenters. The summed E-state index contributed by atoms with van der Waals surface area (Å²) in [4.78, 5) is 23.5. The van der Waals surface area contributed by atoms with Crippen LogP contribution in [0.25, 0.3) is 21.7 Å². The number of carbonyl (C=O) groups is 1. The summed E-state index contributed by atoms with van der Waals surface area (Å²) in [6, 6.07) is 2.64. The lowest BCUT2D eigenvalue weighted by atomic mass is 10.1. The van der Waals surface area contributed by atoms with Gasteiger partial charge in [-0.1, -0.05) is 0 Å². The number of ether oxygens (including phenoxy) is 1. The number of aromatic nitrogens is 3. The van der Waals surface area contributed by atoms with E-state index in [1.807, 2.05) is 4.90 Å². The third kappa shape index (κ3) is 3.64. The van der Waals surface area contributed by atoms with Crippen LogP contribution in [0.2, 0.25) is 0 Å². The molecule has 5 rings (SSSR count). The minimum atomic E-state index is -3.89. The number of fused-ring (bicyclic) bond motifs is 3. The standard InChI is InChI=1S/C20H21F2N5O5S/c1-19(2,30)20(21,22)32-13-6-5-12(16-23-9-24-33-16)15-14(13)25-17(31-15)26-7-10-3-4-11(8-26)27(10)18(28)29/h5-6,9-11,30H,3-4,7-8H2,1-2H3,(H,28,29). The maximum absolute atomic E-state index is 14.5. The Balaban J connectivity index is 1.56. The molecule has 0 spiro atoms. The Morgan fingerprint density at radius 2 is 1.97 bits per heavy atom. The van der Waals surface area contributed by atoms with Crippen molar-refractivity contribution in [2.45, 2.75) is 50.5 Å². The zero-order valence-electron chi connectivity index (χ0n) is 17.7. The van der Waals surface area contributed by atoms with Gasteiger partial charge < -0.3 is 24.3 Å². The number of piperazine rings is 1. The lowest BCUT2D eigenvalue weighted by Crippen LogP contribution is -2.55. The number of carboxylic acid groups (broad SMARTS) is 1. The van der Waals surface area contributed by atoms with E-state index >= 15 is 0 Å². The highest BCUT2D eigenvalue weighted by Crippen LogP contribution is 2.41. The van der Waals surface area contributed by atoms with E-state index in [4.69, 9.17) is 9.15 Å². The molecule has 0 saturated carbocycles. The molecule has 2 aromatic heterocycles. The molecule has 2 bridgehead atoms. The molecule has 3 aromatic rings. The van der Waals surface area contributed by atoms with E-state index in [1.54, 1.807) is 0 Å². The van der Waals surface area contributed by atoms with Crippen LogP contribution in [0.15, 0.2) is 22.9 Å². The van der Waals surface area contributed by atoms with Crippen molar-refractivity contribution in [3.8, 4) is 16.3 Å². The summed E-state index contributed by atoms with van der Waals surface area (Å²) in [6.45, 7) is 2.65. The average molecular weight is 481 g/mol. The van der Waals surface area contributed by atoms with E-state index in [2.05, 4.69) is 14.3 Å². The SMILES string of the molecule is CC(C)(O)C(F)(F)Oc1ccc(-c2ncns2)c2oc(N3CC4CCC(C3)N4C(=O)O)nc12. The number of amides is 1. The third-order valence-electron chi connectivity index (χ3n) is 6.01. The lowest BCUT2D eigenvalue weighted by Gasteiger charge is -2.38. The van der Waals surface area contributed by atoms with Crippen LogP contribution in [0.1, 0.15) is 26.7 Å². The Labute approximate surface area is 190 Å². The molecule has 1 amide bonds. The number of halogens is 2. The van der Waals surface area contributed by atoms with Crippen molar-refractivity contribution in [3.63, 3.8) is 0 Å². The van der Waals surface area contributed by atoms with Crippen LogP contribution in [0, 0.1) is 0 Å². The minimum absolute atomic E-state index is 0.0506. The van der Waals surface area contributed by atoms with Crippen molar-refractivity contribution in [2.75, 3.05) is 18.0 Å². The first kappa shape index (κ1) is 21.8. The second kappa shape index (κ2) is 7.48. The first-order valence-corrected chi connectivity index (χ1v) is 11.1. The lowest BCUT2D eigenvalue weighted by molar-refractivity contribution is -0.275. The summed E-state index contributed by atoms with van der Waals surface area (Å²) in [6.07, 6.45) is -2.01. The van der Waals surface area contributed by atoms with Gasteiger partial charge in [-0.3, -0.25) is 4.90 Å². The highest BCUT2D eigenvalue weighted by atomic mass is 32.1. The van der Waals surface area contributed by atoms with E-state index in [-0.39, 0.29) is 34.9 Å². The van der Waals surface area contributed by atoms with Gasteiger partial charge in [0.25, 0.3) is 6.01 Å². The predicted molar refractivity (Wildman–Crippen MR) is 114 cm³/mol.